The van der Waals surface area contributed by atoms with Crippen LogP contribution in [0.3, 0.4) is 0 Å². The lowest BCUT2D eigenvalue weighted by molar-refractivity contribution is -0.118. The summed E-state index contributed by atoms with van der Waals surface area (Å²) in [4.78, 5) is 23.7. The van der Waals surface area contributed by atoms with Gasteiger partial charge in [-0.2, -0.15) is 4.31 Å². The highest BCUT2D eigenvalue weighted by Gasteiger charge is 2.27. The van der Waals surface area contributed by atoms with Gasteiger partial charge in [0.05, 0.1) is 4.90 Å². The average molecular weight is 382 g/mol. The number of hydrogen-bond acceptors (Lipinski definition) is 4. The molecule has 1 unspecified atom stereocenters. The van der Waals surface area contributed by atoms with Gasteiger partial charge in [-0.15, -0.1) is 0 Å². The Kier molecular flexibility index (Phi) is 6.60. The first-order chi connectivity index (χ1) is 12.2. The number of hydrogen-bond donors (Lipinski definition) is 3. The summed E-state index contributed by atoms with van der Waals surface area (Å²) in [6.45, 7) is 4.87. The topological polar surface area (TPSA) is 122 Å². The predicted octanol–water partition coefficient (Wildman–Crippen LogP) is 1.49. The van der Waals surface area contributed by atoms with Crippen molar-refractivity contribution >= 4 is 27.6 Å². The lowest BCUT2D eigenvalue weighted by Crippen LogP contribution is -2.46. The molecular formula is C17H26N4O4S. The van der Waals surface area contributed by atoms with Crippen LogP contribution in [-0.2, 0) is 14.8 Å². The van der Waals surface area contributed by atoms with E-state index in [1.807, 2.05) is 13.8 Å². The Balaban J connectivity index is 2.16. The molecule has 1 aliphatic heterocycles. The van der Waals surface area contributed by atoms with E-state index in [-0.39, 0.29) is 10.8 Å². The number of rotatable bonds is 7. The molecule has 3 amide bonds. The van der Waals surface area contributed by atoms with Gasteiger partial charge in [-0.25, -0.2) is 13.2 Å². The highest BCUT2D eigenvalue weighted by atomic mass is 32.2. The number of carbonyl (C=O) groups excluding carboxylic acids is 2. The van der Waals surface area contributed by atoms with E-state index in [1.54, 1.807) is 12.1 Å². The molecule has 0 aromatic heterocycles. The Hall–Kier alpha value is -2.13. The molecule has 1 aromatic carbocycles. The molecule has 0 radical (unpaired) electrons. The zero-order valence-electron chi connectivity index (χ0n) is 15.1. The smallest absolute Gasteiger partial charge is 0.312 e. The number of nitrogens with zero attached hydrogens (tertiary/aromatic N) is 1. The van der Waals surface area contributed by atoms with Gasteiger partial charge in [0, 0.05) is 18.8 Å². The largest absolute Gasteiger partial charge is 0.352 e. The quantitative estimate of drug-likeness (QED) is 0.661. The van der Waals surface area contributed by atoms with Crippen LogP contribution < -0.4 is 16.4 Å². The second kappa shape index (κ2) is 8.50. The van der Waals surface area contributed by atoms with E-state index in [4.69, 9.17) is 5.73 Å². The van der Waals surface area contributed by atoms with Crippen LogP contribution in [0.2, 0.25) is 0 Å². The van der Waals surface area contributed by atoms with Gasteiger partial charge >= 0.3 is 6.03 Å². The summed E-state index contributed by atoms with van der Waals surface area (Å²) in [6, 6.07) is 4.57. The van der Waals surface area contributed by atoms with E-state index in [2.05, 4.69) is 10.6 Å². The minimum atomic E-state index is -3.56. The fourth-order valence-corrected chi connectivity index (χ4v) is 4.48. The lowest BCUT2D eigenvalue weighted by Gasteiger charge is -2.20. The Bertz CT molecular complexity index is 758. The number of primary amides is 1. The molecule has 0 aliphatic carbocycles. The summed E-state index contributed by atoms with van der Waals surface area (Å²) < 4.78 is 26.7. The van der Waals surface area contributed by atoms with Crippen molar-refractivity contribution in [3.05, 3.63) is 24.3 Å². The number of benzene rings is 1. The maximum atomic E-state index is 12.6. The number of anilines is 1. The van der Waals surface area contributed by atoms with Gasteiger partial charge in [0.2, 0.25) is 15.9 Å². The second-order valence-electron chi connectivity index (χ2n) is 6.82. The van der Waals surface area contributed by atoms with Crippen LogP contribution in [0.4, 0.5) is 10.5 Å². The van der Waals surface area contributed by atoms with Gasteiger partial charge < -0.3 is 16.4 Å². The molecule has 1 heterocycles. The van der Waals surface area contributed by atoms with Crippen molar-refractivity contribution in [1.29, 1.82) is 0 Å². The summed E-state index contributed by atoms with van der Waals surface area (Å²) in [7, 11) is -3.56. The number of urea groups is 1. The third-order valence-corrected chi connectivity index (χ3v) is 6.04. The summed E-state index contributed by atoms with van der Waals surface area (Å²) in [6.07, 6.45) is 2.12. The maximum absolute atomic E-state index is 12.6. The first kappa shape index (κ1) is 20.2. The number of amides is 3. The van der Waals surface area contributed by atoms with E-state index in [1.165, 1.54) is 16.4 Å². The molecule has 4 N–H and O–H groups in total. The first-order valence-electron chi connectivity index (χ1n) is 8.67. The number of nitrogens with two attached hydrogens (primary N) is 1. The number of nitrogens with one attached hydrogen (secondary N) is 2. The SMILES string of the molecule is CC(C)CC(NC(N)=O)C(=O)Nc1cccc(S(=O)(=O)N2CCCC2)c1. The van der Waals surface area contributed by atoms with E-state index in [9.17, 15) is 18.0 Å². The fourth-order valence-electron chi connectivity index (χ4n) is 2.92. The van der Waals surface area contributed by atoms with Crippen molar-refractivity contribution in [3.63, 3.8) is 0 Å². The molecule has 1 fully saturated rings. The lowest BCUT2D eigenvalue weighted by atomic mass is 10.0. The molecule has 144 valence electrons. The van der Waals surface area contributed by atoms with Crippen LogP contribution >= 0.6 is 0 Å². The molecule has 1 saturated heterocycles. The van der Waals surface area contributed by atoms with Gasteiger partial charge in [0.15, 0.2) is 0 Å². The van der Waals surface area contributed by atoms with Crippen LogP contribution in [0.5, 0.6) is 0 Å². The second-order valence-corrected chi connectivity index (χ2v) is 8.76. The third kappa shape index (κ3) is 5.18. The molecule has 8 nitrogen and oxygen atoms in total. The van der Waals surface area contributed by atoms with E-state index in [0.29, 0.717) is 25.2 Å². The number of sulfonamides is 1. The van der Waals surface area contributed by atoms with Crippen molar-refractivity contribution in [2.75, 3.05) is 18.4 Å². The standard InChI is InChI=1S/C17H26N4O4S/c1-12(2)10-15(20-17(18)23)16(22)19-13-6-5-7-14(11-13)26(24,25)21-8-3-4-9-21/h5-7,11-12,15H,3-4,8-10H2,1-2H3,(H,19,22)(H3,18,20,23). The molecule has 9 heteroatoms. The van der Waals surface area contributed by atoms with Crippen LogP contribution in [0.15, 0.2) is 29.2 Å². The van der Waals surface area contributed by atoms with E-state index in [0.717, 1.165) is 12.8 Å². The predicted molar refractivity (Wildman–Crippen MR) is 99.0 cm³/mol. The van der Waals surface area contributed by atoms with Gasteiger partial charge in [-0.05, 0) is 43.4 Å². The minimum Gasteiger partial charge on any atom is -0.352 e. The zero-order chi connectivity index (χ0) is 19.3. The molecule has 26 heavy (non-hydrogen) atoms. The summed E-state index contributed by atoms with van der Waals surface area (Å²) in [5.41, 5.74) is 5.49. The van der Waals surface area contributed by atoms with Crippen LogP contribution in [0.25, 0.3) is 0 Å². The molecular weight excluding hydrogens is 356 g/mol. The maximum Gasteiger partial charge on any atom is 0.312 e. The summed E-state index contributed by atoms with van der Waals surface area (Å²) in [5.74, 6) is -0.271. The Morgan fingerprint density at radius 1 is 1.23 bits per heavy atom. The molecule has 1 aromatic rings. The molecule has 0 spiro atoms. The van der Waals surface area contributed by atoms with Crippen molar-refractivity contribution in [2.45, 2.75) is 44.0 Å². The van der Waals surface area contributed by atoms with Crippen molar-refractivity contribution in [1.82, 2.24) is 9.62 Å². The third-order valence-electron chi connectivity index (χ3n) is 4.14. The van der Waals surface area contributed by atoms with Gasteiger partial charge in [0.25, 0.3) is 0 Å². The van der Waals surface area contributed by atoms with Gasteiger partial charge in [0.1, 0.15) is 6.04 Å². The molecule has 1 atom stereocenters. The summed E-state index contributed by atoms with van der Waals surface area (Å²) >= 11 is 0. The highest BCUT2D eigenvalue weighted by molar-refractivity contribution is 7.89. The highest BCUT2D eigenvalue weighted by Crippen LogP contribution is 2.23. The Morgan fingerprint density at radius 3 is 2.46 bits per heavy atom. The molecule has 1 aliphatic rings. The van der Waals surface area contributed by atoms with Crippen LogP contribution in [-0.4, -0.2) is 43.8 Å². The fraction of sp³-hybridized carbons (Fsp3) is 0.529. The van der Waals surface area contributed by atoms with Crippen LogP contribution in [0, 0.1) is 5.92 Å². The average Bonchev–Trinajstić information content (AvgIpc) is 3.09. The minimum absolute atomic E-state index is 0.139. The summed E-state index contributed by atoms with van der Waals surface area (Å²) in [5, 5.41) is 5.08. The number of carbonyl (C=O) groups is 2. The Morgan fingerprint density at radius 2 is 1.88 bits per heavy atom. The monoisotopic (exact) mass is 382 g/mol. The van der Waals surface area contributed by atoms with Crippen molar-refractivity contribution in [2.24, 2.45) is 11.7 Å². The molecule has 0 bridgehead atoms. The van der Waals surface area contributed by atoms with Gasteiger partial charge in [-0.1, -0.05) is 19.9 Å². The zero-order valence-corrected chi connectivity index (χ0v) is 15.9. The van der Waals surface area contributed by atoms with Gasteiger partial charge in [-0.3, -0.25) is 4.79 Å². The molecule has 0 saturated carbocycles. The van der Waals surface area contributed by atoms with Crippen molar-refractivity contribution < 1.29 is 18.0 Å². The normalized spacial score (nSPS) is 16.4. The molecule has 2 rings (SSSR count). The van der Waals surface area contributed by atoms with E-state index < -0.39 is 28.0 Å². The van der Waals surface area contributed by atoms with Crippen LogP contribution in [0.1, 0.15) is 33.1 Å². The van der Waals surface area contributed by atoms with E-state index >= 15 is 0 Å². The van der Waals surface area contributed by atoms with Crippen molar-refractivity contribution in [3.8, 4) is 0 Å². The Labute approximate surface area is 154 Å². The first-order valence-corrected chi connectivity index (χ1v) is 10.1.